The molecular weight excluding hydrogens is 336 g/mol. The molecule has 9 heteroatoms. The quantitative estimate of drug-likeness (QED) is 0.583. The third-order valence-electron chi connectivity index (χ3n) is 4.01. The SMILES string of the molecule is NS(=O)(=O)CC1CC(=O)N([C@H](Cc2ccccc2)[C@H](O)C(=O)O)C1. The monoisotopic (exact) mass is 356 g/mol. The molecule has 3 atom stereocenters. The number of nitrogens with two attached hydrogens (primary N) is 1. The van der Waals surface area contributed by atoms with Crippen molar-refractivity contribution in [3.05, 3.63) is 35.9 Å². The Bertz CT molecular complexity index is 706. The lowest BCUT2D eigenvalue weighted by molar-refractivity contribution is -0.152. The largest absolute Gasteiger partial charge is 0.479 e. The molecule has 0 spiro atoms. The summed E-state index contributed by atoms with van der Waals surface area (Å²) in [5.41, 5.74) is 0.769. The van der Waals surface area contributed by atoms with E-state index in [1.807, 2.05) is 0 Å². The van der Waals surface area contributed by atoms with Crippen molar-refractivity contribution in [1.82, 2.24) is 4.90 Å². The highest BCUT2D eigenvalue weighted by atomic mass is 32.2. The van der Waals surface area contributed by atoms with E-state index in [0.29, 0.717) is 0 Å². The Morgan fingerprint density at radius 3 is 2.50 bits per heavy atom. The third-order valence-corrected chi connectivity index (χ3v) is 4.95. The number of carboxylic acid groups (broad SMARTS) is 1. The lowest BCUT2D eigenvalue weighted by Crippen LogP contribution is -2.49. The molecule has 0 saturated carbocycles. The fraction of sp³-hybridized carbons (Fsp3) is 0.467. The van der Waals surface area contributed by atoms with Crippen LogP contribution in [0.2, 0.25) is 0 Å². The molecule has 2 rings (SSSR count). The predicted molar refractivity (Wildman–Crippen MR) is 85.4 cm³/mol. The van der Waals surface area contributed by atoms with E-state index in [0.717, 1.165) is 5.56 Å². The number of aliphatic hydroxyl groups excluding tert-OH is 1. The number of primary sulfonamides is 1. The summed E-state index contributed by atoms with van der Waals surface area (Å²) in [4.78, 5) is 24.7. The van der Waals surface area contributed by atoms with Gasteiger partial charge in [0.1, 0.15) is 0 Å². The zero-order valence-corrected chi connectivity index (χ0v) is 13.7. The van der Waals surface area contributed by atoms with Crippen molar-refractivity contribution in [2.45, 2.75) is 25.0 Å². The highest BCUT2D eigenvalue weighted by molar-refractivity contribution is 7.89. The van der Waals surface area contributed by atoms with E-state index in [2.05, 4.69) is 0 Å². The average molecular weight is 356 g/mol. The van der Waals surface area contributed by atoms with Gasteiger partial charge in [0.25, 0.3) is 0 Å². The number of likely N-dealkylation sites (tertiary alicyclic amines) is 1. The second-order valence-electron chi connectivity index (χ2n) is 5.99. The topological polar surface area (TPSA) is 138 Å². The lowest BCUT2D eigenvalue weighted by atomic mass is 10.00. The van der Waals surface area contributed by atoms with Crippen molar-refractivity contribution >= 4 is 21.9 Å². The number of carbonyl (C=O) groups is 2. The summed E-state index contributed by atoms with van der Waals surface area (Å²) >= 11 is 0. The molecular formula is C15H20N2O6S. The maximum Gasteiger partial charge on any atom is 0.334 e. The summed E-state index contributed by atoms with van der Waals surface area (Å²) in [5.74, 6) is -2.67. The minimum Gasteiger partial charge on any atom is -0.479 e. The van der Waals surface area contributed by atoms with Crippen LogP contribution in [0.1, 0.15) is 12.0 Å². The molecule has 24 heavy (non-hydrogen) atoms. The number of amides is 1. The highest BCUT2D eigenvalue weighted by Crippen LogP contribution is 2.24. The summed E-state index contributed by atoms with van der Waals surface area (Å²) < 4.78 is 22.4. The molecule has 1 heterocycles. The van der Waals surface area contributed by atoms with Gasteiger partial charge in [-0.25, -0.2) is 18.4 Å². The summed E-state index contributed by atoms with van der Waals surface area (Å²) in [5, 5.41) is 24.1. The van der Waals surface area contributed by atoms with Crippen LogP contribution in [0.25, 0.3) is 0 Å². The Balaban J connectivity index is 2.20. The maximum absolute atomic E-state index is 12.2. The first-order valence-electron chi connectivity index (χ1n) is 7.42. The molecule has 0 aliphatic carbocycles. The highest BCUT2D eigenvalue weighted by Gasteiger charge is 2.40. The van der Waals surface area contributed by atoms with Crippen molar-refractivity contribution < 1.29 is 28.2 Å². The molecule has 1 aromatic carbocycles. The first-order valence-corrected chi connectivity index (χ1v) is 9.13. The van der Waals surface area contributed by atoms with Gasteiger partial charge in [0.05, 0.1) is 11.8 Å². The number of hydrogen-bond acceptors (Lipinski definition) is 5. The second kappa shape index (κ2) is 7.29. The molecule has 0 aromatic heterocycles. The zero-order valence-electron chi connectivity index (χ0n) is 12.9. The van der Waals surface area contributed by atoms with Crippen molar-refractivity contribution in [2.75, 3.05) is 12.3 Å². The average Bonchev–Trinajstić information content (AvgIpc) is 2.83. The molecule has 132 valence electrons. The van der Waals surface area contributed by atoms with Crippen LogP contribution >= 0.6 is 0 Å². The van der Waals surface area contributed by atoms with E-state index in [-0.39, 0.29) is 31.0 Å². The smallest absolute Gasteiger partial charge is 0.334 e. The van der Waals surface area contributed by atoms with Gasteiger partial charge in [0.2, 0.25) is 15.9 Å². The minimum absolute atomic E-state index is 0.0337. The number of rotatable bonds is 7. The normalized spacial score (nSPS) is 20.8. The van der Waals surface area contributed by atoms with Crippen LogP contribution in [0.15, 0.2) is 30.3 Å². The Morgan fingerprint density at radius 1 is 1.33 bits per heavy atom. The van der Waals surface area contributed by atoms with Gasteiger partial charge in [-0.1, -0.05) is 30.3 Å². The number of aliphatic carboxylic acids is 1. The number of nitrogens with zero attached hydrogens (tertiary/aromatic N) is 1. The standard InChI is InChI=1S/C15H20N2O6S/c16-24(22,23)9-11-7-13(18)17(8-11)12(14(19)15(20)21)6-10-4-2-1-3-5-10/h1-5,11-12,14,19H,6-9H2,(H,20,21)(H2,16,22,23)/t11?,12-,14+/m1/s1. The number of hydrogen-bond donors (Lipinski definition) is 3. The van der Waals surface area contributed by atoms with Crippen molar-refractivity contribution in [3.8, 4) is 0 Å². The van der Waals surface area contributed by atoms with Crippen molar-refractivity contribution in [3.63, 3.8) is 0 Å². The van der Waals surface area contributed by atoms with E-state index in [1.165, 1.54) is 4.90 Å². The van der Waals surface area contributed by atoms with Crippen LogP contribution in [0, 0.1) is 5.92 Å². The summed E-state index contributed by atoms with van der Waals surface area (Å²) in [6.45, 7) is 0.0527. The predicted octanol–water partition coefficient (Wildman–Crippen LogP) is -0.820. The van der Waals surface area contributed by atoms with E-state index in [9.17, 15) is 23.1 Å². The first kappa shape index (κ1) is 18.4. The number of aliphatic hydroxyl groups is 1. The second-order valence-corrected chi connectivity index (χ2v) is 7.64. The van der Waals surface area contributed by atoms with Crippen LogP contribution < -0.4 is 5.14 Å². The first-order chi connectivity index (χ1) is 11.2. The van der Waals surface area contributed by atoms with Crippen LogP contribution in [-0.2, 0) is 26.0 Å². The van der Waals surface area contributed by atoms with Gasteiger partial charge in [0.15, 0.2) is 6.10 Å². The van der Waals surface area contributed by atoms with Gasteiger partial charge < -0.3 is 15.1 Å². The van der Waals surface area contributed by atoms with Crippen LogP contribution in [-0.4, -0.2) is 59.9 Å². The Labute approximate surface area is 139 Å². The maximum atomic E-state index is 12.2. The Hall–Kier alpha value is -1.97. The Kier molecular flexibility index (Phi) is 5.58. The summed E-state index contributed by atoms with van der Waals surface area (Å²) in [7, 11) is -3.73. The molecule has 8 nitrogen and oxygen atoms in total. The van der Waals surface area contributed by atoms with Gasteiger partial charge in [-0.2, -0.15) is 0 Å². The number of carboxylic acids is 1. The van der Waals surface area contributed by atoms with Gasteiger partial charge in [0, 0.05) is 18.9 Å². The van der Waals surface area contributed by atoms with E-state index in [1.54, 1.807) is 30.3 Å². The Morgan fingerprint density at radius 2 is 1.96 bits per heavy atom. The summed E-state index contributed by atoms with van der Waals surface area (Å²) in [6, 6.07) is 7.91. The zero-order chi connectivity index (χ0) is 17.9. The molecule has 0 radical (unpaired) electrons. The van der Waals surface area contributed by atoms with Gasteiger partial charge in [-0.15, -0.1) is 0 Å². The lowest BCUT2D eigenvalue weighted by Gasteiger charge is -2.30. The van der Waals surface area contributed by atoms with Crippen LogP contribution in [0.5, 0.6) is 0 Å². The van der Waals surface area contributed by atoms with Gasteiger partial charge >= 0.3 is 5.97 Å². The molecule has 1 amide bonds. The molecule has 1 unspecified atom stereocenters. The molecule has 1 aromatic rings. The van der Waals surface area contributed by atoms with Crippen LogP contribution in [0.3, 0.4) is 0 Å². The molecule has 1 aliphatic rings. The molecule has 1 saturated heterocycles. The van der Waals surface area contributed by atoms with Crippen LogP contribution in [0.4, 0.5) is 0 Å². The van der Waals surface area contributed by atoms with E-state index < -0.39 is 34.1 Å². The van der Waals surface area contributed by atoms with Crippen molar-refractivity contribution in [1.29, 1.82) is 0 Å². The molecule has 1 aliphatic heterocycles. The fourth-order valence-corrected chi connectivity index (χ4v) is 3.86. The molecule has 1 fully saturated rings. The van der Waals surface area contributed by atoms with E-state index >= 15 is 0 Å². The summed E-state index contributed by atoms with van der Waals surface area (Å²) in [6.07, 6.45) is -1.64. The number of carbonyl (C=O) groups excluding carboxylic acids is 1. The minimum atomic E-state index is -3.73. The van der Waals surface area contributed by atoms with Crippen molar-refractivity contribution in [2.24, 2.45) is 11.1 Å². The number of sulfonamides is 1. The van der Waals surface area contributed by atoms with Gasteiger partial charge in [-0.05, 0) is 12.0 Å². The van der Waals surface area contributed by atoms with E-state index in [4.69, 9.17) is 10.2 Å². The molecule has 4 N–H and O–H groups in total. The van der Waals surface area contributed by atoms with Gasteiger partial charge in [-0.3, -0.25) is 4.79 Å². The number of benzene rings is 1. The fourth-order valence-electron chi connectivity index (χ4n) is 2.98. The molecule has 0 bridgehead atoms. The third kappa shape index (κ3) is 4.76.